The molecule has 0 fully saturated rings. The van der Waals surface area contributed by atoms with Gasteiger partial charge < -0.3 is 4.57 Å². The third kappa shape index (κ3) is 3.79. The molecule has 150 valence electrons. The number of hydrogen-bond donors (Lipinski definition) is 0. The Labute approximate surface area is 171 Å². The Kier molecular flexibility index (Phi) is 4.94. The van der Waals surface area contributed by atoms with Gasteiger partial charge in [0, 0.05) is 37.2 Å². The molecule has 1 aliphatic heterocycles. The van der Waals surface area contributed by atoms with Crippen molar-refractivity contribution in [2.24, 2.45) is 7.05 Å². The summed E-state index contributed by atoms with van der Waals surface area (Å²) in [6.45, 7) is 7.17. The van der Waals surface area contributed by atoms with Crippen molar-refractivity contribution in [2.75, 3.05) is 11.4 Å². The summed E-state index contributed by atoms with van der Waals surface area (Å²) < 4.78 is 1.95. The average Bonchev–Trinajstić information content (AvgIpc) is 3.22. The maximum atomic E-state index is 13.1. The second-order valence-corrected chi connectivity index (χ2v) is 8.62. The van der Waals surface area contributed by atoms with Gasteiger partial charge in [-0.25, -0.2) is 4.98 Å². The van der Waals surface area contributed by atoms with E-state index >= 15 is 0 Å². The summed E-state index contributed by atoms with van der Waals surface area (Å²) in [6.07, 6.45) is 4.66. The monoisotopic (exact) mass is 389 g/mol. The van der Waals surface area contributed by atoms with E-state index in [2.05, 4.69) is 54.2 Å². The molecule has 2 aromatic heterocycles. The van der Waals surface area contributed by atoms with Crippen molar-refractivity contribution in [2.45, 2.75) is 44.9 Å². The lowest BCUT2D eigenvalue weighted by atomic mass is 9.88. The highest BCUT2D eigenvalue weighted by Gasteiger charge is 2.38. The Morgan fingerprint density at radius 3 is 2.83 bits per heavy atom. The largest absolute Gasteiger partial charge is 0.321 e. The van der Waals surface area contributed by atoms with Crippen LogP contribution in [-0.4, -0.2) is 32.2 Å². The summed E-state index contributed by atoms with van der Waals surface area (Å²) in [5.41, 5.74) is 3.30. The van der Waals surface area contributed by atoms with E-state index in [0.29, 0.717) is 18.9 Å². The molecule has 0 saturated carbocycles. The molecule has 1 aliphatic rings. The molecule has 1 aromatic carbocycles. The lowest BCUT2D eigenvalue weighted by molar-refractivity contribution is -0.118. The number of hydrogen-bond acceptors (Lipinski definition) is 4. The Bertz CT molecular complexity index is 1040. The second-order valence-electron chi connectivity index (χ2n) is 8.62. The fraction of sp³-hybridized carbons (Fsp3) is 0.391. The van der Waals surface area contributed by atoms with Crippen LogP contribution in [0.4, 0.5) is 5.82 Å². The first-order valence-electron chi connectivity index (χ1n) is 10.0. The normalized spacial score (nSPS) is 15.9. The summed E-state index contributed by atoms with van der Waals surface area (Å²) in [4.78, 5) is 19.4. The number of pyridine rings is 1. The van der Waals surface area contributed by atoms with Gasteiger partial charge in [-0.1, -0.05) is 51.1 Å². The number of anilines is 1. The van der Waals surface area contributed by atoms with E-state index < -0.39 is 0 Å². The minimum Gasteiger partial charge on any atom is -0.321 e. The topological polar surface area (TPSA) is 63.9 Å². The van der Waals surface area contributed by atoms with Gasteiger partial charge in [-0.15, -0.1) is 10.2 Å². The molecule has 1 amide bonds. The van der Waals surface area contributed by atoms with Crippen molar-refractivity contribution in [1.82, 2.24) is 19.7 Å². The molecule has 29 heavy (non-hydrogen) atoms. The number of benzene rings is 1. The first-order chi connectivity index (χ1) is 13.8. The molecule has 0 saturated heterocycles. The number of aromatic nitrogens is 4. The molecule has 0 N–H and O–H groups in total. The third-order valence-corrected chi connectivity index (χ3v) is 5.80. The van der Waals surface area contributed by atoms with E-state index in [-0.39, 0.29) is 11.3 Å². The zero-order chi connectivity index (χ0) is 20.6. The van der Waals surface area contributed by atoms with Crippen LogP contribution in [-0.2, 0) is 30.1 Å². The standard InChI is InChI=1S/C23H27N5O/c1-16(11-20-26-25-15-27(20)4)18-8-5-7-17(12-18)13-21(29)28-14-23(2,3)19-9-6-10-24-22(19)28/h5-10,12,15-16H,11,13-14H2,1-4H3/t16-/m1/s1. The van der Waals surface area contributed by atoms with Crippen LogP contribution in [0.15, 0.2) is 48.9 Å². The summed E-state index contributed by atoms with van der Waals surface area (Å²) >= 11 is 0. The lowest BCUT2D eigenvalue weighted by Crippen LogP contribution is -2.35. The highest BCUT2D eigenvalue weighted by molar-refractivity contribution is 5.96. The first kappa shape index (κ1) is 19.3. The van der Waals surface area contributed by atoms with Gasteiger partial charge in [-0.3, -0.25) is 9.69 Å². The minimum atomic E-state index is -0.0777. The van der Waals surface area contributed by atoms with Gasteiger partial charge in [0.05, 0.1) is 6.42 Å². The van der Waals surface area contributed by atoms with E-state index in [0.717, 1.165) is 29.2 Å². The van der Waals surface area contributed by atoms with Gasteiger partial charge in [-0.2, -0.15) is 0 Å². The number of carbonyl (C=O) groups is 1. The zero-order valence-electron chi connectivity index (χ0n) is 17.5. The quantitative estimate of drug-likeness (QED) is 0.671. The molecule has 0 unspecified atom stereocenters. The van der Waals surface area contributed by atoms with Crippen molar-refractivity contribution >= 4 is 11.7 Å². The number of rotatable bonds is 5. The first-order valence-corrected chi connectivity index (χ1v) is 10.0. The number of fused-ring (bicyclic) bond motifs is 1. The molecule has 3 heterocycles. The molecule has 4 rings (SSSR count). The van der Waals surface area contributed by atoms with E-state index in [1.165, 1.54) is 5.56 Å². The number of amides is 1. The van der Waals surface area contributed by atoms with Crippen molar-refractivity contribution in [3.63, 3.8) is 0 Å². The smallest absolute Gasteiger partial charge is 0.232 e. The Morgan fingerprint density at radius 1 is 1.24 bits per heavy atom. The molecule has 1 atom stereocenters. The van der Waals surface area contributed by atoms with Gasteiger partial charge >= 0.3 is 0 Å². The van der Waals surface area contributed by atoms with Crippen LogP contribution in [0, 0.1) is 0 Å². The maximum absolute atomic E-state index is 13.1. The van der Waals surface area contributed by atoms with Crippen molar-refractivity contribution in [3.8, 4) is 0 Å². The van der Waals surface area contributed by atoms with Crippen LogP contribution in [0.5, 0.6) is 0 Å². The van der Waals surface area contributed by atoms with Gasteiger partial charge in [0.2, 0.25) is 5.91 Å². The van der Waals surface area contributed by atoms with Crippen LogP contribution in [0.25, 0.3) is 0 Å². The van der Waals surface area contributed by atoms with Gasteiger partial charge in [-0.05, 0) is 23.1 Å². The van der Waals surface area contributed by atoms with Crippen LogP contribution in [0.1, 0.15) is 49.2 Å². The van der Waals surface area contributed by atoms with Crippen molar-refractivity contribution < 1.29 is 4.79 Å². The van der Waals surface area contributed by atoms with Crippen molar-refractivity contribution in [1.29, 1.82) is 0 Å². The van der Waals surface area contributed by atoms with E-state index in [4.69, 9.17) is 0 Å². The lowest BCUT2D eigenvalue weighted by Gasteiger charge is -2.20. The number of carbonyl (C=O) groups excluding carboxylic acids is 1. The maximum Gasteiger partial charge on any atom is 0.232 e. The average molecular weight is 390 g/mol. The van der Waals surface area contributed by atoms with E-state index in [9.17, 15) is 4.79 Å². The summed E-state index contributed by atoms with van der Waals surface area (Å²) in [6, 6.07) is 12.3. The third-order valence-electron chi connectivity index (χ3n) is 5.80. The highest BCUT2D eigenvalue weighted by Crippen LogP contribution is 2.38. The fourth-order valence-electron chi connectivity index (χ4n) is 4.07. The number of nitrogens with zero attached hydrogens (tertiary/aromatic N) is 5. The fourth-order valence-corrected chi connectivity index (χ4v) is 4.07. The van der Waals surface area contributed by atoms with Crippen LogP contribution in [0.2, 0.25) is 0 Å². The van der Waals surface area contributed by atoms with Crippen LogP contribution < -0.4 is 4.90 Å². The SMILES string of the molecule is C[C@H](Cc1nncn1C)c1cccc(CC(=O)N2CC(C)(C)c3cccnc32)c1. The summed E-state index contributed by atoms with van der Waals surface area (Å²) in [5, 5.41) is 8.14. The minimum absolute atomic E-state index is 0.0777. The van der Waals surface area contributed by atoms with Crippen molar-refractivity contribution in [3.05, 3.63) is 71.4 Å². The predicted octanol–water partition coefficient (Wildman–Crippen LogP) is 3.42. The van der Waals surface area contributed by atoms with Gasteiger partial charge in [0.25, 0.3) is 0 Å². The summed E-state index contributed by atoms with van der Waals surface area (Å²) in [5.74, 6) is 2.14. The molecule has 3 aromatic rings. The van der Waals surface area contributed by atoms with Gasteiger partial charge in [0.1, 0.15) is 18.0 Å². The molecule has 6 nitrogen and oxygen atoms in total. The van der Waals surface area contributed by atoms with Crippen LogP contribution in [0.3, 0.4) is 0 Å². The molecule has 0 radical (unpaired) electrons. The molecular formula is C23H27N5O. The second kappa shape index (κ2) is 7.43. The Balaban J connectivity index is 1.50. The van der Waals surface area contributed by atoms with Gasteiger partial charge in [0.15, 0.2) is 0 Å². The van der Waals surface area contributed by atoms with E-state index in [1.54, 1.807) is 12.5 Å². The predicted molar refractivity (Wildman–Crippen MR) is 113 cm³/mol. The number of aryl methyl sites for hydroxylation is 1. The molecule has 0 bridgehead atoms. The highest BCUT2D eigenvalue weighted by atomic mass is 16.2. The molecular weight excluding hydrogens is 362 g/mol. The van der Waals surface area contributed by atoms with Crippen LogP contribution >= 0.6 is 0 Å². The van der Waals surface area contributed by atoms with E-state index in [1.807, 2.05) is 34.7 Å². The summed E-state index contributed by atoms with van der Waals surface area (Å²) in [7, 11) is 1.96. The molecule has 6 heteroatoms. The molecule has 0 spiro atoms. The molecule has 0 aliphatic carbocycles. The zero-order valence-corrected chi connectivity index (χ0v) is 17.5. The Hall–Kier alpha value is -3.02. The Morgan fingerprint density at radius 2 is 2.07 bits per heavy atom.